The molecule has 118 valence electrons. The summed E-state index contributed by atoms with van der Waals surface area (Å²) < 4.78 is 7.49. The van der Waals surface area contributed by atoms with Crippen molar-refractivity contribution in [3.05, 3.63) is 57.3 Å². The molecule has 23 heavy (non-hydrogen) atoms. The normalized spacial score (nSPS) is 10.7. The average molecular weight is 330 g/mol. The number of ether oxygens (including phenoxy) is 1. The molecule has 0 amide bonds. The number of esters is 1. The molecule has 0 saturated carbocycles. The van der Waals surface area contributed by atoms with Gasteiger partial charge in [0.2, 0.25) is 0 Å². The molecular formula is C15H14N4O3S. The standard InChI is InChI=1S/C15H14N4O3S/c1-10-5-3-6-11(2)14(10)22-13(20)9-18-15(21)19(17-16-18)12-7-4-8-23-12/h3-8H,9H2,1-2H3. The molecule has 0 fully saturated rings. The van der Waals surface area contributed by atoms with Crippen LogP contribution in [-0.4, -0.2) is 25.8 Å². The third-order valence-corrected chi connectivity index (χ3v) is 4.10. The molecule has 0 N–H and O–H groups in total. The van der Waals surface area contributed by atoms with Gasteiger partial charge in [0.05, 0.1) is 0 Å². The molecule has 8 heteroatoms. The highest BCUT2D eigenvalue weighted by molar-refractivity contribution is 7.12. The molecule has 0 aliphatic heterocycles. The SMILES string of the molecule is Cc1cccc(C)c1OC(=O)Cn1nnn(-c2cccs2)c1=O. The first-order valence-electron chi connectivity index (χ1n) is 6.90. The van der Waals surface area contributed by atoms with E-state index in [9.17, 15) is 9.59 Å². The number of rotatable bonds is 4. The molecule has 0 bridgehead atoms. The number of benzene rings is 1. The minimum Gasteiger partial charge on any atom is -0.425 e. The number of para-hydroxylation sites is 1. The molecule has 0 spiro atoms. The largest absolute Gasteiger partial charge is 0.425 e. The van der Waals surface area contributed by atoms with Crippen LogP contribution in [0, 0.1) is 13.8 Å². The predicted molar refractivity (Wildman–Crippen MR) is 85.0 cm³/mol. The number of aromatic nitrogens is 4. The van der Waals surface area contributed by atoms with Gasteiger partial charge in [-0.25, -0.2) is 9.59 Å². The van der Waals surface area contributed by atoms with E-state index in [0.29, 0.717) is 10.8 Å². The van der Waals surface area contributed by atoms with Gasteiger partial charge in [0.1, 0.15) is 17.3 Å². The molecule has 0 atom stereocenters. The topological polar surface area (TPSA) is 79.0 Å². The number of aryl methyl sites for hydroxylation is 2. The summed E-state index contributed by atoms with van der Waals surface area (Å²) >= 11 is 1.36. The van der Waals surface area contributed by atoms with Gasteiger partial charge in [-0.3, -0.25) is 0 Å². The fraction of sp³-hybridized carbons (Fsp3) is 0.200. The summed E-state index contributed by atoms with van der Waals surface area (Å²) in [6, 6.07) is 9.16. The van der Waals surface area contributed by atoms with Gasteiger partial charge in [-0.05, 0) is 52.9 Å². The van der Waals surface area contributed by atoms with E-state index in [-0.39, 0.29) is 6.54 Å². The lowest BCUT2D eigenvalue weighted by molar-refractivity contribution is -0.135. The average Bonchev–Trinajstić information content (AvgIpc) is 3.14. The molecule has 0 aliphatic carbocycles. The minimum atomic E-state index is -0.567. The van der Waals surface area contributed by atoms with Gasteiger partial charge in [0.25, 0.3) is 0 Å². The van der Waals surface area contributed by atoms with Crippen molar-refractivity contribution in [3.8, 4) is 10.8 Å². The van der Waals surface area contributed by atoms with E-state index in [1.807, 2.05) is 37.4 Å². The first-order chi connectivity index (χ1) is 11.1. The van der Waals surface area contributed by atoms with E-state index in [1.54, 1.807) is 12.1 Å². The second-order valence-corrected chi connectivity index (χ2v) is 5.90. The number of tetrazole rings is 1. The number of thiophene rings is 1. The highest BCUT2D eigenvalue weighted by Crippen LogP contribution is 2.22. The van der Waals surface area contributed by atoms with Gasteiger partial charge in [-0.1, -0.05) is 18.2 Å². The second-order valence-electron chi connectivity index (χ2n) is 4.98. The van der Waals surface area contributed by atoms with Crippen molar-refractivity contribution in [1.29, 1.82) is 0 Å². The molecule has 0 unspecified atom stereocenters. The van der Waals surface area contributed by atoms with Gasteiger partial charge >= 0.3 is 11.7 Å². The van der Waals surface area contributed by atoms with Gasteiger partial charge < -0.3 is 4.74 Å². The van der Waals surface area contributed by atoms with Crippen molar-refractivity contribution in [3.63, 3.8) is 0 Å². The van der Waals surface area contributed by atoms with Gasteiger partial charge in [0, 0.05) is 0 Å². The van der Waals surface area contributed by atoms with Crippen LogP contribution in [0.3, 0.4) is 0 Å². The fourth-order valence-electron chi connectivity index (χ4n) is 2.13. The van der Waals surface area contributed by atoms with E-state index in [2.05, 4.69) is 10.4 Å². The summed E-state index contributed by atoms with van der Waals surface area (Å²) in [6.07, 6.45) is 0. The first kappa shape index (κ1) is 15.2. The van der Waals surface area contributed by atoms with Crippen LogP contribution >= 0.6 is 11.3 Å². The third kappa shape index (κ3) is 3.07. The summed E-state index contributed by atoms with van der Waals surface area (Å²) in [5.41, 5.74) is 1.23. The Morgan fingerprint density at radius 3 is 2.57 bits per heavy atom. The van der Waals surface area contributed by atoms with Crippen LogP contribution in [0.4, 0.5) is 0 Å². The number of carbonyl (C=O) groups is 1. The van der Waals surface area contributed by atoms with E-state index in [4.69, 9.17) is 4.74 Å². The quantitative estimate of drug-likeness (QED) is 0.537. The predicted octanol–water partition coefficient (Wildman–Crippen LogP) is 1.71. The first-order valence-corrected chi connectivity index (χ1v) is 7.78. The Hall–Kier alpha value is -2.74. The second kappa shape index (κ2) is 6.17. The minimum absolute atomic E-state index is 0.294. The Morgan fingerprint density at radius 2 is 1.91 bits per heavy atom. The summed E-state index contributed by atoms with van der Waals surface area (Å²) in [5.74, 6) is -0.0565. The van der Waals surface area contributed by atoms with Crippen molar-refractivity contribution >= 4 is 17.3 Å². The van der Waals surface area contributed by atoms with Crippen molar-refractivity contribution in [2.45, 2.75) is 20.4 Å². The van der Waals surface area contributed by atoms with E-state index in [1.165, 1.54) is 11.3 Å². The van der Waals surface area contributed by atoms with Crippen LogP contribution in [0.15, 0.2) is 40.5 Å². The molecule has 2 heterocycles. The Kier molecular flexibility index (Phi) is 4.07. The van der Waals surface area contributed by atoms with Gasteiger partial charge in [-0.15, -0.1) is 11.3 Å². The molecule has 0 radical (unpaired) electrons. The Bertz CT molecular complexity index is 876. The van der Waals surface area contributed by atoms with Crippen LogP contribution in [-0.2, 0) is 11.3 Å². The van der Waals surface area contributed by atoms with Crippen molar-refractivity contribution < 1.29 is 9.53 Å². The molecule has 7 nitrogen and oxygen atoms in total. The van der Waals surface area contributed by atoms with E-state index >= 15 is 0 Å². The van der Waals surface area contributed by atoms with Gasteiger partial charge in [-0.2, -0.15) is 9.36 Å². The van der Waals surface area contributed by atoms with Crippen LogP contribution in [0.5, 0.6) is 5.75 Å². The summed E-state index contributed by atoms with van der Waals surface area (Å²) in [4.78, 5) is 24.3. The maximum absolute atomic E-state index is 12.2. The fourth-order valence-corrected chi connectivity index (χ4v) is 2.80. The van der Waals surface area contributed by atoms with E-state index < -0.39 is 11.7 Å². The van der Waals surface area contributed by atoms with Crippen LogP contribution in [0.25, 0.3) is 5.00 Å². The van der Waals surface area contributed by atoms with Crippen LogP contribution in [0.1, 0.15) is 11.1 Å². The Labute approximate surface area is 135 Å². The molecular weight excluding hydrogens is 316 g/mol. The molecule has 2 aromatic heterocycles. The third-order valence-electron chi connectivity index (χ3n) is 3.26. The van der Waals surface area contributed by atoms with Crippen molar-refractivity contribution in [1.82, 2.24) is 19.8 Å². The van der Waals surface area contributed by atoms with E-state index in [0.717, 1.165) is 20.5 Å². The number of hydrogen-bond acceptors (Lipinski definition) is 6. The van der Waals surface area contributed by atoms with Crippen LogP contribution in [0.2, 0.25) is 0 Å². The molecule has 3 aromatic rings. The summed E-state index contributed by atoms with van der Waals surface area (Å²) in [6.45, 7) is 3.42. The molecule has 0 aliphatic rings. The lowest BCUT2D eigenvalue weighted by Gasteiger charge is -2.09. The van der Waals surface area contributed by atoms with Crippen molar-refractivity contribution in [2.24, 2.45) is 0 Å². The number of hydrogen-bond donors (Lipinski definition) is 0. The Morgan fingerprint density at radius 1 is 1.17 bits per heavy atom. The zero-order valence-electron chi connectivity index (χ0n) is 12.6. The van der Waals surface area contributed by atoms with Crippen LogP contribution < -0.4 is 10.4 Å². The zero-order chi connectivity index (χ0) is 16.4. The molecule has 1 aromatic carbocycles. The van der Waals surface area contributed by atoms with Gasteiger partial charge in [0.15, 0.2) is 0 Å². The zero-order valence-corrected chi connectivity index (χ0v) is 13.4. The highest BCUT2D eigenvalue weighted by Gasteiger charge is 2.15. The maximum Gasteiger partial charge on any atom is 0.369 e. The monoisotopic (exact) mass is 330 g/mol. The van der Waals surface area contributed by atoms with Crippen molar-refractivity contribution in [2.75, 3.05) is 0 Å². The summed E-state index contributed by atoms with van der Waals surface area (Å²) in [7, 11) is 0. The number of carbonyl (C=O) groups excluding carboxylic acids is 1. The Balaban J connectivity index is 1.78. The molecule has 3 rings (SSSR count). The number of nitrogens with zero attached hydrogens (tertiary/aromatic N) is 4. The lowest BCUT2D eigenvalue weighted by Crippen LogP contribution is -2.28. The highest BCUT2D eigenvalue weighted by atomic mass is 32.1. The smallest absolute Gasteiger partial charge is 0.369 e. The maximum atomic E-state index is 12.2. The molecule has 0 saturated heterocycles. The lowest BCUT2D eigenvalue weighted by atomic mass is 10.1. The summed E-state index contributed by atoms with van der Waals surface area (Å²) in [5, 5.41) is 9.97.